The molecule has 7 unspecified atom stereocenters. The standard InChI is InChI=1S/C65H89N10O30P3S4/c1-6-73-47-24-22-40(111(96,97)98)31-42(47)64(2,3)51(73)18-10-7-11-19-52-65(4,5)43-32-41(112(99,100)101)23-25-48(43)74(52)29-15-9-13-21-55(79)70-46(60(84)68-27-14-8-12-20-54(78)69-44(33-57(80)81)61(85)71-45(62(86)87)34-58(82)83)38-110-109-30-26-53(77)67-28-16-17-39-36-75(63(88)72-59(39)66)56-35-49(76)50(103-56)37-102-107(92,93)105-108(94,95)104-106(89,90)91/h7,10-11,18-19,22-25,31-32,36,44-46,49-51,56,76H,6,8-9,12-15,20-21,26-30,33-35,37-38H2,1-5H3,(H,67,77)(H,68,84)(H,69,78)(H,70,79)(H,71,85)(H,80,81)(H,82,83)(H,86,87)(H,92,93)(H,94,95)(H2,66,72,88)(H2,89,90,91)(H,96,97,98)(H,99,100,101)/b11-7+,18-10+,52-19+/t44?,45?,46?,49-,50-,51?,56-/m1/s1. The maximum Gasteiger partial charge on any atom is 0.490 e. The smallest absolute Gasteiger partial charge is 0.490 e. The number of nitrogen functional groups attached to an aromatic ring is 1. The van der Waals surface area contributed by atoms with E-state index in [0.717, 1.165) is 43.4 Å². The number of rotatable bonds is 43. The maximum atomic E-state index is 13.8. The van der Waals surface area contributed by atoms with E-state index in [4.69, 9.17) is 25.4 Å². The molecule has 4 heterocycles. The Morgan fingerprint density at radius 2 is 1.42 bits per heavy atom. The van der Waals surface area contributed by atoms with Gasteiger partial charge >= 0.3 is 47.1 Å². The van der Waals surface area contributed by atoms with Crippen molar-refractivity contribution in [1.29, 1.82) is 0 Å². The van der Waals surface area contributed by atoms with Gasteiger partial charge in [-0.1, -0.05) is 78.3 Å². The molecule has 0 radical (unpaired) electrons. The van der Waals surface area contributed by atoms with Crippen molar-refractivity contribution in [2.75, 3.05) is 54.9 Å². The number of ether oxygens (including phenoxy) is 1. The maximum absolute atomic E-state index is 13.8. The van der Waals surface area contributed by atoms with E-state index in [-0.39, 0.29) is 90.3 Å². The minimum atomic E-state index is -5.85. The van der Waals surface area contributed by atoms with Crippen molar-refractivity contribution >= 4 is 130 Å². The quantitative estimate of drug-likeness (QED) is 0.00956. The van der Waals surface area contributed by atoms with Gasteiger partial charge in [0.2, 0.25) is 29.5 Å². The predicted molar refractivity (Wildman–Crippen MR) is 400 cm³/mol. The highest BCUT2D eigenvalue weighted by molar-refractivity contribution is 8.76. The zero-order chi connectivity index (χ0) is 83.5. The lowest BCUT2D eigenvalue weighted by atomic mass is 9.80. The molecule has 1 fully saturated rings. The van der Waals surface area contributed by atoms with E-state index in [2.05, 4.69) is 51.2 Å². The van der Waals surface area contributed by atoms with Gasteiger partial charge in [0.1, 0.15) is 58.1 Å². The minimum Gasteiger partial charge on any atom is -0.744 e. The Hall–Kier alpha value is -7.73. The van der Waals surface area contributed by atoms with Gasteiger partial charge < -0.3 is 86.5 Å². The number of unbranched alkanes of at least 4 members (excludes halogenated alkanes) is 4. The van der Waals surface area contributed by atoms with Gasteiger partial charge in [-0.3, -0.25) is 52.1 Å². The summed E-state index contributed by atoms with van der Waals surface area (Å²) in [6.45, 7) is 9.63. The van der Waals surface area contributed by atoms with Crippen molar-refractivity contribution in [3.63, 3.8) is 0 Å². The second-order valence-electron chi connectivity index (χ2n) is 26.7. The van der Waals surface area contributed by atoms with Gasteiger partial charge in [0.25, 0.3) is 10.1 Å². The summed E-state index contributed by atoms with van der Waals surface area (Å²) >= 11 is 0. The number of phosphoric ester groups is 1. The van der Waals surface area contributed by atoms with Gasteiger partial charge in [-0.25, -0.2) is 31.7 Å². The van der Waals surface area contributed by atoms with Crippen LogP contribution in [0.2, 0.25) is 0 Å². The first-order valence-electron chi connectivity index (χ1n) is 34.4. The van der Waals surface area contributed by atoms with E-state index in [1.165, 1.54) is 35.1 Å². The highest BCUT2D eigenvalue weighted by atomic mass is 33.1. The molecule has 0 bridgehead atoms. The molecule has 47 heteroatoms. The largest absolute Gasteiger partial charge is 0.744 e. The fourth-order valence-corrected chi connectivity index (χ4v) is 18.5. The Morgan fingerprint density at radius 3 is 2.04 bits per heavy atom. The number of anilines is 2. The van der Waals surface area contributed by atoms with Crippen LogP contribution in [0.3, 0.4) is 0 Å². The lowest BCUT2D eigenvalue weighted by molar-refractivity contribution is -0.848. The van der Waals surface area contributed by atoms with Gasteiger partial charge in [-0.2, -0.15) is 22.0 Å². The zero-order valence-electron chi connectivity index (χ0n) is 60.9. The number of carboxylic acid groups (broad SMARTS) is 3. The molecule has 3 aliphatic heterocycles. The third kappa shape index (κ3) is 27.8. The SMILES string of the molecule is CC[NH+]1c2ccc(S(=O)(=O)[O-])cc2C(C)(C)C1/C=C/C=C/C=C1/N(CCCCCC(=O)NC(CSSCCC(=O)NCC#Cc2cn([C@H]3C[C@@H](O)[C@@H](COP(=O)(O)OP(=O)(O)OP(=O)(O)O)O3)c(=O)nc2N)C(=O)NCCCCCC(=O)NC(CC(=O)O)C(=O)NC(CC(=O)O)C(=O)O)c2ccc(S(=O)(=O)O)cc2C1(C)C. The van der Waals surface area contributed by atoms with Crippen LogP contribution in [-0.4, -0.2) is 204 Å². The van der Waals surface area contributed by atoms with Gasteiger partial charge in [0, 0.05) is 84.9 Å². The first kappa shape index (κ1) is 93.1. The summed E-state index contributed by atoms with van der Waals surface area (Å²) in [7, 11) is -24.1. The number of aliphatic carboxylic acids is 3. The average Bonchev–Trinajstić information content (AvgIpc) is 1.59. The van der Waals surface area contributed by atoms with Crippen molar-refractivity contribution in [2.45, 2.75) is 175 Å². The number of carbonyl (C=O) groups excluding carboxylic acids is 5. The molecule has 40 nitrogen and oxygen atoms in total. The molecular formula is C65H89N10O30P3S4. The number of allylic oxidation sites excluding steroid dienone is 5. The number of quaternary nitrogens is 1. The molecule has 17 N–H and O–H groups in total. The van der Waals surface area contributed by atoms with Crippen molar-refractivity contribution in [3.05, 3.63) is 106 Å². The van der Waals surface area contributed by atoms with E-state index in [1.807, 2.05) is 75.2 Å². The van der Waals surface area contributed by atoms with Gasteiger partial charge in [-0.15, -0.1) is 0 Å². The van der Waals surface area contributed by atoms with E-state index < -0.39 is 164 Å². The number of hydrogen-bond donors (Lipinski definition) is 16. The average molecular weight is 1710 g/mol. The Balaban J connectivity index is 1.05. The molecule has 5 amide bonds. The topological polar surface area (TPSA) is 627 Å². The Bertz CT molecular complexity index is 4620. The van der Waals surface area contributed by atoms with Crippen LogP contribution < -0.4 is 47.8 Å². The third-order valence-electron chi connectivity index (χ3n) is 17.8. The number of phosphoric acid groups is 3. The lowest BCUT2D eigenvalue weighted by Crippen LogP contribution is -3.10. The number of aliphatic hydroxyl groups excluding tert-OH is 1. The second-order valence-corrected chi connectivity index (χ2v) is 36.6. The number of carbonyl (C=O) groups is 8. The summed E-state index contributed by atoms with van der Waals surface area (Å²) in [5.74, 6) is -3.20. The molecule has 1 aromatic heterocycles. The molecule has 6 rings (SSSR count). The van der Waals surface area contributed by atoms with Crippen molar-refractivity contribution in [1.82, 2.24) is 36.1 Å². The molecule has 1 saturated heterocycles. The summed E-state index contributed by atoms with van der Waals surface area (Å²) in [6.07, 6.45) is 5.72. The van der Waals surface area contributed by atoms with E-state index in [1.54, 1.807) is 12.1 Å². The molecule has 0 spiro atoms. The summed E-state index contributed by atoms with van der Waals surface area (Å²) < 4.78 is 124. The predicted octanol–water partition coefficient (Wildman–Crippen LogP) is 1.62. The third-order valence-corrected chi connectivity index (χ3v) is 25.7. The molecule has 112 heavy (non-hydrogen) atoms. The number of benzene rings is 2. The molecule has 618 valence electrons. The summed E-state index contributed by atoms with van der Waals surface area (Å²) in [6, 6.07) is 3.87. The number of carboxylic acids is 3. The monoisotopic (exact) mass is 1710 g/mol. The van der Waals surface area contributed by atoms with E-state index >= 15 is 0 Å². The zero-order valence-corrected chi connectivity index (χ0v) is 66.8. The number of aliphatic hydroxyl groups is 1. The number of likely N-dealkylation sites (N-methyl/N-ethyl adjacent to an activating group) is 1. The number of amides is 5. The van der Waals surface area contributed by atoms with Gasteiger partial charge in [0.15, 0.2) is 0 Å². The number of nitrogens with one attached hydrogen (secondary N) is 6. The normalized spacial score (nSPS) is 20.1. The van der Waals surface area contributed by atoms with Gasteiger partial charge in [-0.05, 0) is 94.5 Å². The molecule has 0 aliphatic carbocycles. The molecule has 3 aromatic rings. The van der Waals surface area contributed by atoms with Crippen LogP contribution in [0.1, 0.15) is 135 Å². The first-order chi connectivity index (χ1) is 52.1. The Labute approximate surface area is 650 Å². The van der Waals surface area contributed by atoms with Crippen LogP contribution in [-0.2, 0) is 101 Å². The van der Waals surface area contributed by atoms with Crippen LogP contribution >= 0.6 is 45.1 Å². The molecule has 3 aliphatic rings. The Morgan fingerprint density at radius 1 is 0.786 bits per heavy atom. The fourth-order valence-electron chi connectivity index (χ4n) is 12.3. The summed E-state index contributed by atoms with van der Waals surface area (Å²) in [5, 5.41) is 50.5. The number of hydrogen-bond acceptors (Lipinski definition) is 27. The molecule has 2 aromatic carbocycles. The van der Waals surface area contributed by atoms with E-state index in [9.17, 15) is 108 Å². The Kier molecular flexibility index (Phi) is 33.7. The number of fused-ring (bicyclic) bond motifs is 2. The molecule has 10 atom stereocenters. The van der Waals surface area contributed by atoms with Crippen molar-refractivity contribution in [3.8, 4) is 11.8 Å². The van der Waals surface area contributed by atoms with Gasteiger partial charge in [0.05, 0.1) is 59.4 Å². The van der Waals surface area contributed by atoms with Crippen LogP contribution in [0.15, 0.2) is 93.3 Å². The first-order valence-corrected chi connectivity index (χ1v) is 44.3. The van der Waals surface area contributed by atoms with Crippen LogP contribution in [0, 0.1) is 11.8 Å². The van der Waals surface area contributed by atoms with Crippen molar-refractivity contribution in [2.24, 2.45) is 0 Å². The van der Waals surface area contributed by atoms with Crippen LogP contribution in [0.4, 0.5) is 17.2 Å². The fraction of sp³-hybridized carbons (Fsp3) is 0.508. The molecular weight excluding hydrogens is 1620 g/mol. The second kappa shape index (κ2) is 40.5. The molecule has 0 saturated carbocycles. The van der Waals surface area contributed by atoms with Crippen LogP contribution in [0.25, 0.3) is 0 Å². The van der Waals surface area contributed by atoms with Crippen LogP contribution in [0.5, 0.6) is 0 Å². The van der Waals surface area contributed by atoms with Crippen molar-refractivity contribution < 1.29 is 141 Å². The number of nitrogens with zero attached hydrogens (tertiary/aromatic N) is 3. The highest BCUT2D eigenvalue weighted by Gasteiger charge is 2.48. The summed E-state index contributed by atoms with van der Waals surface area (Å²) in [5.41, 5.74) is 7.28. The number of nitrogens with two attached hydrogens (primary N) is 1. The highest BCUT2D eigenvalue weighted by Crippen LogP contribution is 2.66. The minimum absolute atomic E-state index is 0.00163. The number of aromatic nitrogens is 2. The summed E-state index contributed by atoms with van der Waals surface area (Å²) in [4.78, 5) is 156. The lowest BCUT2D eigenvalue weighted by Gasteiger charge is -2.27. The van der Waals surface area contributed by atoms with E-state index in [0.29, 0.717) is 50.0 Å².